The zero-order valence-electron chi connectivity index (χ0n) is 16.5. The zero-order valence-corrected chi connectivity index (χ0v) is 19.7. The Morgan fingerprint density at radius 3 is 2.20 bits per heavy atom. The molecule has 3 aromatic carbocycles. The molecule has 0 bridgehead atoms. The summed E-state index contributed by atoms with van der Waals surface area (Å²) < 4.78 is 2.21. The molecule has 0 spiro atoms. The van der Waals surface area contributed by atoms with Gasteiger partial charge in [-0.25, -0.2) is 0 Å². The number of anilines is 1. The van der Waals surface area contributed by atoms with E-state index in [9.17, 15) is 0 Å². The number of benzene rings is 3. The van der Waals surface area contributed by atoms with Crippen molar-refractivity contribution in [1.82, 2.24) is 0 Å². The number of para-hydroxylation sites is 1. The van der Waals surface area contributed by atoms with E-state index in [1.54, 1.807) is 0 Å². The van der Waals surface area contributed by atoms with E-state index in [2.05, 4.69) is 122 Å². The molecule has 5 rings (SSSR count). The molecule has 0 radical (unpaired) electrons. The standard InChI is InChI=1S/C26H22Br2N2/c27-21-13-9-18(10-14-21)17-20-5-4-8-24-25(20)29-30(23-6-2-1-3-7-23)26(24)19-11-15-22(28)16-12-19/h1-3,6-7,9-17,24,26H,4-5,8H2/b20-17+/t24-,26-/m0/s1. The molecule has 4 heteroatoms. The summed E-state index contributed by atoms with van der Waals surface area (Å²) in [4.78, 5) is 0. The first kappa shape index (κ1) is 19.8. The SMILES string of the molecule is Brc1ccc(/C=C2\CCC[C@H]3C2=NN(c2ccccc2)[C@H]3c2ccc(Br)cc2)cc1. The van der Waals surface area contributed by atoms with Crippen LogP contribution < -0.4 is 5.01 Å². The van der Waals surface area contributed by atoms with Crippen LogP contribution in [-0.2, 0) is 0 Å². The molecule has 1 saturated carbocycles. The Morgan fingerprint density at radius 2 is 1.50 bits per heavy atom. The molecule has 2 aliphatic rings. The lowest BCUT2D eigenvalue weighted by atomic mass is 9.77. The number of hydrogen-bond donors (Lipinski definition) is 0. The van der Waals surface area contributed by atoms with Gasteiger partial charge in [-0.15, -0.1) is 0 Å². The van der Waals surface area contributed by atoms with Crippen LogP contribution in [0.2, 0.25) is 0 Å². The van der Waals surface area contributed by atoms with Crippen molar-refractivity contribution in [1.29, 1.82) is 0 Å². The van der Waals surface area contributed by atoms with Gasteiger partial charge >= 0.3 is 0 Å². The smallest absolute Gasteiger partial charge is 0.0859 e. The highest BCUT2D eigenvalue weighted by atomic mass is 79.9. The van der Waals surface area contributed by atoms with E-state index in [1.165, 1.54) is 35.3 Å². The van der Waals surface area contributed by atoms with Gasteiger partial charge in [0, 0.05) is 14.9 Å². The molecule has 1 aliphatic carbocycles. The largest absolute Gasteiger partial charge is 0.257 e. The third-order valence-electron chi connectivity index (χ3n) is 5.94. The van der Waals surface area contributed by atoms with E-state index in [4.69, 9.17) is 5.10 Å². The maximum Gasteiger partial charge on any atom is 0.0859 e. The van der Waals surface area contributed by atoms with Crippen molar-refractivity contribution in [3.63, 3.8) is 0 Å². The van der Waals surface area contributed by atoms with Gasteiger partial charge in [0.25, 0.3) is 0 Å². The van der Waals surface area contributed by atoms with Gasteiger partial charge in [0.2, 0.25) is 0 Å². The van der Waals surface area contributed by atoms with Gasteiger partial charge in [-0.3, -0.25) is 5.01 Å². The van der Waals surface area contributed by atoms with Crippen LogP contribution in [0.1, 0.15) is 36.4 Å². The molecule has 1 heterocycles. The average molecular weight is 522 g/mol. The molecule has 1 aliphatic heterocycles. The van der Waals surface area contributed by atoms with Gasteiger partial charge in [0.1, 0.15) is 0 Å². The highest BCUT2D eigenvalue weighted by molar-refractivity contribution is 9.10. The Labute approximate surface area is 194 Å². The van der Waals surface area contributed by atoms with Crippen LogP contribution in [0, 0.1) is 5.92 Å². The van der Waals surface area contributed by atoms with Crippen LogP contribution in [0.25, 0.3) is 6.08 Å². The summed E-state index contributed by atoms with van der Waals surface area (Å²) in [6, 6.07) is 28.1. The van der Waals surface area contributed by atoms with Crippen molar-refractivity contribution >= 4 is 49.3 Å². The minimum absolute atomic E-state index is 0.226. The van der Waals surface area contributed by atoms with Crippen molar-refractivity contribution in [3.05, 3.63) is 105 Å². The maximum absolute atomic E-state index is 5.22. The van der Waals surface area contributed by atoms with E-state index < -0.39 is 0 Å². The second-order valence-corrected chi connectivity index (χ2v) is 9.71. The van der Waals surface area contributed by atoms with Crippen LogP contribution in [0.5, 0.6) is 0 Å². The Bertz CT molecular complexity index is 1090. The van der Waals surface area contributed by atoms with E-state index in [0.29, 0.717) is 5.92 Å². The summed E-state index contributed by atoms with van der Waals surface area (Å²) in [7, 11) is 0. The highest BCUT2D eigenvalue weighted by Gasteiger charge is 2.41. The van der Waals surface area contributed by atoms with E-state index >= 15 is 0 Å². The highest BCUT2D eigenvalue weighted by Crippen LogP contribution is 2.46. The van der Waals surface area contributed by atoms with Crippen LogP contribution in [0.4, 0.5) is 5.69 Å². The fourth-order valence-electron chi connectivity index (χ4n) is 4.55. The molecule has 2 nitrogen and oxygen atoms in total. The van der Waals surface area contributed by atoms with E-state index in [1.807, 2.05) is 0 Å². The van der Waals surface area contributed by atoms with Crippen molar-refractivity contribution in [2.45, 2.75) is 25.3 Å². The Morgan fingerprint density at radius 1 is 0.833 bits per heavy atom. The van der Waals surface area contributed by atoms with E-state index in [-0.39, 0.29) is 6.04 Å². The summed E-state index contributed by atoms with van der Waals surface area (Å²) >= 11 is 7.11. The van der Waals surface area contributed by atoms with Gasteiger partial charge < -0.3 is 0 Å². The third kappa shape index (κ3) is 3.91. The van der Waals surface area contributed by atoms with Crippen LogP contribution >= 0.6 is 31.9 Å². The summed E-state index contributed by atoms with van der Waals surface area (Å²) in [5, 5.41) is 7.46. The van der Waals surface area contributed by atoms with Gasteiger partial charge in [-0.2, -0.15) is 5.10 Å². The summed E-state index contributed by atoms with van der Waals surface area (Å²) in [6.07, 6.45) is 5.77. The topological polar surface area (TPSA) is 15.6 Å². The van der Waals surface area contributed by atoms with Gasteiger partial charge in [-0.1, -0.05) is 74.3 Å². The Kier molecular flexibility index (Phi) is 5.62. The molecule has 30 heavy (non-hydrogen) atoms. The maximum atomic E-state index is 5.22. The number of fused-ring (bicyclic) bond motifs is 1. The average Bonchev–Trinajstić information content (AvgIpc) is 3.17. The Balaban J connectivity index is 1.58. The molecular weight excluding hydrogens is 500 g/mol. The second-order valence-electron chi connectivity index (χ2n) is 7.88. The fourth-order valence-corrected chi connectivity index (χ4v) is 5.08. The molecule has 3 aromatic rings. The number of rotatable bonds is 3. The molecule has 2 atom stereocenters. The molecule has 0 unspecified atom stereocenters. The van der Waals surface area contributed by atoms with Crippen molar-refractivity contribution in [3.8, 4) is 0 Å². The molecule has 0 N–H and O–H groups in total. The third-order valence-corrected chi connectivity index (χ3v) is 7.00. The van der Waals surface area contributed by atoms with Gasteiger partial charge in [0.05, 0.1) is 17.4 Å². The van der Waals surface area contributed by atoms with Crippen molar-refractivity contribution in [2.75, 3.05) is 5.01 Å². The lowest BCUT2D eigenvalue weighted by Gasteiger charge is -2.30. The van der Waals surface area contributed by atoms with Crippen molar-refractivity contribution in [2.24, 2.45) is 11.0 Å². The van der Waals surface area contributed by atoms with E-state index in [0.717, 1.165) is 21.1 Å². The summed E-state index contributed by atoms with van der Waals surface area (Å²) in [5.74, 6) is 0.404. The number of nitrogens with zero attached hydrogens (tertiary/aromatic N) is 2. The molecule has 1 fully saturated rings. The lowest BCUT2D eigenvalue weighted by molar-refractivity contribution is 0.488. The van der Waals surface area contributed by atoms with Crippen LogP contribution in [0.3, 0.4) is 0 Å². The molecular formula is C26H22Br2N2. The van der Waals surface area contributed by atoms with Crippen LogP contribution in [-0.4, -0.2) is 5.71 Å². The number of halogens is 2. The van der Waals surface area contributed by atoms with Crippen molar-refractivity contribution < 1.29 is 0 Å². The minimum Gasteiger partial charge on any atom is -0.257 e. The predicted octanol–water partition coefficient (Wildman–Crippen LogP) is 8.01. The number of allylic oxidation sites excluding steroid dienone is 1. The molecule has 0 aromatic heterocycles. The quantitative estimate of drug-likeness (QED) is 0.340. The van der Waals surface area contributed by atoms with Crippen LogP contribution in [0.15, 0.2) is 98.5 Å². The van der Waals surface area contributed by atoms with Gasteiger partial charge in [-0.05, 0) is 78.4 Å². The monoisotopic (exact) mass is 520 g/mol. The predicted molar refractivity (Wildman–Crippen MR) is 133 cm³/mol. The first-order valence-corrected chi connectivity index (χ1v) is 11.9. The first-order valence-electron chi connectivity index (χ1n) is 10.3. The number of hydrazone groups is 1. The zero-order chi connectivity index (χ0) is 20.5. The molecule has 150 valence electrons. The molecule has 0 amide bonds. The second kappa shape index (κ2) is 8.52. The number of hydrogen-bond acceptors (Lipinski definition) is 2. The summed E-state index contributed by atoms with van der Waals surface area (Å²) in [5.41, 5.74) is 6.32. The normalized spacial score (nSPS) is 22.1. The summed E-state index contributed by atoms with van der Waals surface area (Å²) in [6.45, 7) is 0. The first-order chi connectivity index (χ1) is 14.7. The fraction of sp³-hybridized carbons (Fsp3) is 0.192. The minimum atomic E-state index is 0.226. The molecule has 0 saturated heterocycles. The Hall–Kier alpha value is -2.17. The lowest BCUT2D eigenvalue weighted by Crippen LogP contribution is -2.28. The van der Waals surface area contributed by atoms with Gasteiger partial charge in [0.15, 0.2) is 0 Å².